The fraction of sp³-hybridized carbons (Fsp3) is 0.364. The maximum Gasteiger partial charge on any atom is 0.307 e. The van der Waals surface area contributed by atoms with Crippen LogP contribution in [-0.4, -0.2) is 22.1 Å². The molecule has 0 radical (unpaired) electrons. The second-order valence-electron chi connectivity index (χ2n) is 3.85. The number of carbonyl (C=O) groups is 1. The van der Waals surface area contributed by atoms with Gasteiger partial charge in [0.25, 0.3) is 0 Å². The van der Waals surface area contributed by atoms with E-state index in [1.807, 2.05) is 0 Å². The highest BCUT2D eigenvalue weighted by molar-refractivity contribution is 5.66. The van der Waals surface area contributed by atoms with Gasteiger partial charge in [0, 0.05) is 12.5 Å². The monoisotopic (exact) mass is 275 g/mol. The first kappa shape index (κ1) is 14.8. The third kappa shape index (κ3) is 4.16. The molecule has 1 atom stereocenters. The first-order valence-electron chi connectivity index (χ1n) is 5.33. The molecule has 0 bridgehead atoms. The third-order valence-corrected chi connectivity index (χ3v) is 2.29. The largest absolute Gasteiger partial charge is 0.488 e. The third-order valence-electron chi connectivity index (χ3n) is 2.29. The molecule has 1 aromatic carbocycles. The van der Waals surface area contributed by atoms with Gasteiger partial charge in [-0.3, -0.25) is 14.9 Å². The minimum absolute atomic E-state index is 0.105. The van der Waals surface area contributed by atoms with E-state index in [4.69, 9.17) is 9.84 Å². The van der Waals surface area contributed by atoms with Gasteiger partial charge in [-0.25, -0.2) is 4.39 Å². The van der Waals surface area contributed by atoms with Gasteiger partial charge in [-0.1, -0.05) is 0 Å². The molecular formula is C11H11F2NO5. The zero-order valence-corrected chi connectivity index (χ0v) is 9.93. The number of carboxylic acids is 1. The number of carboxylic acid groups (broad SMARTS) is 1. The van der Waals surface area contributed by atoms with Crippen LogP contribution < -0.4 is 4.74 Å². The molecule has 0 spiro atoms. The van der Waals surface area contributed by atoms with Gasteiger partial charge in [0.05, 0.1) is 17.1 Å². The Labute approximate surface area is 106 Å². The Hall–Kier alpha value is -2.25. The lowest BCUT2D eigenvalue weighted by Crippen LogP contribution is -2.14. The molecule has 104 valence electrons. The fourth-order valence-electron chi connectivity index (χ4n) is 1.35. The van der Waals surface area contributed by atoms with E-state index >= 15 is 0 Å². The van der Waals surface area contributed by atoms with Crippen LogP contribution in [0.4, 0.5) is 14.5 Å². The lowest BCUT2D eigenvalue weighted by molar-refractivity contribution is -0.387. The summed E-state index contributed by atoms with van der Waals surface area (Å²) in [7, 11) is 0. The minimum Gasteiger partial charge on any atom is -0.488 e. The van der Waals surface area contributed by atoms with Crippen molar-refractivity contribution in [2.45, 2.75) is 25.9 Å². The van der Waals surface area contributed by atoms with Crippen LogP contribution in [0.2, 0.25) is 0 Å². The number of nitro benzene ring substituents is 1. The molecule has 0 aromatic heterocycles. The van der Waals surface area contributed by atoms with Crippen molar-refractivity contribution in [1.29, 1.82) is 0 Å². The van der Waals surface area contributed by atoms with Gasteiger partial charge in [0.2, 0.25) is 5.82 Å². The van der Waals surface area contributed by atoms with Gasteiger partial charge in [0.15, 0.2) is 11.6 Å². The highest BCUT2D eigenvalue weighted by atomic mass is 19.1. The summed E-state index contributed by atoms with van der Waals surface area (Å²) in [5.41, 5.74) is -0.983. The second kappa shape index (κ2) is 6.07. The van der Waals surface area contributed by atoms with E-state index in [0.717, 1.165) is 0 Å². The van der Waals surface area contributed by atoms with E-state index in [9.17, 15) is 23.7 Å². The minimum atomic E-state index is -1.22. The molecule has 1 N–H and O–H groups in total. The van der Waals surface area contributed by atoms with Crippen molar-refractivity contribution in [2.24, 2.45) is 0 Å². The van der Waals surface area contributed by atoms with Crippen molar-refractivity contribution in [3.05, 3.63) is 33.9 Å². The zero-order chi connectivity index (χ0) is 14.6. The van der Waals surface area contributed by atoms with Crippen molar-refractivity contribution in [3.8, 4) is 5.75 Å². The lowest BCUT2D eigenvalue weighted by atomic mass is 10.2. The van der Waals surface area contributed by atoms with Gasteiger partial charge < -0.3 is 9.84 Å². The average Bonchev–Trinajstić information content (AvgIpc) is 2.30. The molecule has 6 nitrogen and oxygen atoms in total. The number of rotatable bonds is 6. The molecule has 1 unspecified atom stereocenters. The molecule has 8 heteroatoms. The predicted molar refractivity (Wildman–Crippen MR) is 60.0 cm³/mol. The Morgan fingerprint density at radius 3 is 2.63 bits per heavy atom. The fourth-order valence-corrected chi connectivity index (χ4v) is 1.35. The van der Waals surface area contributed by atoms with E-state index in [2.05, 4.69) is 0 Å². The molecular weight excluding hydrogens is 264 g/mol. The summed E-state index contributed by atoms with van der Waals surface area (Å²) in [6.07, 6.45) is -0.738. The Morgan fingerprint density at radius 2 is 2.11 bits per heavy atom. The van der Waals surface area contributed by atoms with Gasteiger partial charge in [-0.2, -0.15) is 4.39 Å². The van der Waals surface area contributed by atoms with Crippen LogP contribution in [0, 0.1) is 21.7 Å². The topological polar surface area (TPSA) is 89.7 Å². The smallest absolute Gasteiger partial charge is 0.307 e. The Balaban J connectivity index is 2.82. The molecule has 0 aliphatic carbocycles. The Bertz CT molecular complexity index is 506. The van der Waals surface area contributed by atoms with Crippen LogP contribution in [-0.2, 0) is 4.79 Å². The predicted octanol–water partition coefficient (Wildman–Crippen LogP) is 2.51. The maximum absolute atomic E-state index is 13.4. The van der Waals surface area contributed by atoms with Crippen molar-refractivity contribution < 1.29 is 28.3 Å². The second-order valence-corrected chi connectivity index (χ2v) is 3.85. The molecule has 0 aliphatic rings. The van der Waals surface area contributed by atoms with Crippen molar-refractivity contribution in [3.63, 3.8) is 0 Å². The lowest BCUT2D eigenvalue weighted by Gasteiger charge is -2.14. The Kier molecular flexibility index (Phi) is 4.74. The van der Waals surface area contributed by atoms with Crippen LogP contribution in [0.5, 0.6) is 5.75 Å². The normalized spacial score (nSPS) is 11.9. The molecule has 19 heavy (non-hydrogen) atoms. The number of ether oxygens (including phenoxy) is 1. The van der Waals surface area contributed by atoms with E-state index in [1.54, 1.807) is 0 Å². The summed E-state index contributed by atoms with van der Waals surface area (Å²) in [6.45, 7) is 1.49. The summed E-state index contributed by atoms with van der Waals surface area (Å²) in [4.78, 5) is 19.7. The van der Waals surface area contributed by atoms with Gasteiger partial charge >= 0.3 is 11.7 Å². The first-order valence-corrected chi connectivity index (χ1v) is 5.33. The molecule has 0 aliphatic heterocycles. The summed E-state index contributed by atoms with van der Waals surface area (Å²) in [5, 5.41) is 18.8. The van der Waals surface area contributed by atoms with Gasteiger partial charge in [-0.15, -0.1) is 0 Å². The van der Waals surface area contributed by atoms with Crippen molar-refractivity contribution >= 4 is 11.7 Å². The molecule has 0 saturated heterocycles. The number of benzene rings is 1. The summed E-state index contributed by atoms with van der Waals surface area (Å²) >= 11 is 0. The number of hydrogen-bond acceptors (Lipinski definition) is 4. The zero-order valence-electron chi connectivity index (χ0n) is 9.93. The SMILES string of the molecule is CC(CCC(=O)O)Oc1cc(F)c([N+](=O)[O-])cc1F. The average molecular weight is 275 g/mol. The molecule has 0 saturated carbocycles. The van der Waals surface area contributed by atoms with E-state index in [0.29, 0.717) is 12.1 Å². The van der Waals surface area contributed by atoms with E-state index < -0.39 is 40.1 Å². The van der Waals surface area contributed by atoms with Crippen molar-refractivity contribution in [1.82, 2.24) is 0 Å². The first-order chi connectivity index (χ1) is 8.81. The highest BCUT2D eigenvalue weighted by Gasteiger charge is 2.20. The molecule has 0 heterocycles. The Morgan fingerprint density at radius 1 is 1.47 bits per heavy atom. The molecule has 1 aromatic rings. The number of nitrogens with zero attached hydrogens (tertiary/aromatic N) is 1. The van der Waals surface area contributed by atoms with Crippen LogP contribution in [0.15, 0.2) is 12.1 Å². The summed E-state index contributed by atoms with van der Waals surface area (Å²) in [6, 6.07) is 0.999. The van der Waals surface area contributed by atoms with Gasteiger partial charge in [-0.05, 0) is 13.3 Å². The van der Waals surface area contributed by atoms with Crippen LogP contribution in [0.3, 0.4) is 0 Å². The maximum atomic E-state index is 13.4. The molecule has 1 rings (SSSR count). The van der Waals surface area contributed by atoms with Crippen LogP contribution in [0.25, 0.3) is 0 Å². The number of halogens is 2. The van der Waals surface area contributed by atoms with E-state index in [1.165, 1.54) is 6.92 Å². The summed E-state index contributed by atoms with van der Waals surface area (Å²) in [5.74, 6) is -3.81. The number of hydrogen-bond donors (Lipinski definition) is 1. The number of nitro groups is 1. The van der Waals surface area contributed by atoms with Crippen LogP contribution >= 0.6 is 0 Å². The number of aliphatic carboxylic acids is 1. The molecule has 0 amide bonds. The van der Waals surface area contributed by atoms with Crippen LogP contribution in [0.1, 0.15) is 19.8 Å². The highest BCUT2D eigenvalue weighted by Crippen LogP contribution is 2.27. The standard InChI is InChI=1S/C11H11F2NO5/c1-6(2-3-11(15)16)19-10-5-7(12)9(14(17)18)4-8(10)13/h4-6H,2-3H2,1H3,(H,15,16). The quantitative estimate of drug-likeness (QED) is 0.636. The van der Waals surface area contributed by atoms with E-state index in [-0.39, 0.29) is 12.8 Å². The van der Waals surface area contributed by atoms with Gasteiger partial charge in [0.1, 0.15) is 0 Å². The van der Waals surface area contributed by atoms with Crippen molar-refractivity contribution in [2.75, 3.05) is 0 Å². The summed E-state index contributed by atoms with van der Waals surface area (Å²) < 4.78 is 31.7. The molecule has 0 fully saturated rings.